The third-order valence-corrected chi connectivity index (χ3v) is 14.1. The van der Waals surface area contributed by atoms with Crippen molar-refractivity contribution in [1.82, 2.24) is 9.88 Å². The van der Waals surface area contributed by atoms with E-state index in [1.54, 1.807) is 49.4 Å². The third kappa shape index (κ3) is 9.17. The number of aliphatic hydroxyl groups is 1. The number of nitrogens with one attached hydrogen (secondary N) is 1. The van der Waals surface area contributed by atoms with Crippen molar-refractivity contribution in [2.45, 2.75) is 99.3 Å². The van der Waals surface area contributed by atoms with Gasteiger partial charge in [-0.25, -0.2) is 4.98 Å². The number of piperidine rings is 1. The Morgan fingerprint density at radius 2 is 1.77 bits per heavy atom. The van der Waals surface area contributed by atoms with E-state index in [-0.39, 0.29) is 79.6 Å². The number of aromatic hydroxyl groups is 1. The lowest BCUT2D eigenvalue weighted by Gasteiger charge is -2.39. The number of methoxy groups -OCH3 is 1. The van der Waals surface area contributed by atoms with Gasteiger partial charge in [0.1, 0.15) is 40.3 Å². The molecule has 0 radical (unpaired) electrons. The molecular weight excluding hydrogens is 847 g/mol. The highest BCUT2D eigenvalue weighted by molar-refractivity contribution is 6.22. The van der Waals surface area contributed by atoms with Crippen LogP contribution in [0.3, 0.4) is 0 Å². The van der Waals surface area contributed by atoms with Gasteiger partial charge in [0.25, 0.3) is 11.7 Å². The lowest BCUT2D eigenvalue weighted by Crippen LogP contribution is -2.43. The fourth-order valence-corrected chi connectivity index (χ4v) is 9.71. The predicted octanol–water partition coefficient (Wildman–Crippen LogP) is 7.94. The average Bonchev–Trinajstić information content (AvgIpc) is 3.55. The minimum atomic E-state index is -2.00. The Bertz CT molecular complexity index is 2650. The number of nitrogens with zero attached hydrogens (tertiary/aromatic N) is 2. The molecule has 1 fully saturated rings. The maximum absolute atomic E-state index is 14.8. The number of ether oxygens (including phenoxy) is 5. The van der Waals surface area contributed by atoms with Crippen LogP contribution in [0.1, 0.15) is 84.2 Å². The number of hydrogen-bond donors (Lipinski definition) is 3. The molecule has 1 amide bonds. The molecule has 5 aliphatic rings. The van der Waals surface area contributed by atoms with Crippen molar-refractivity contribution in [2.75, 3.05) is 39.2 Å². The Morgan fingerprint density at radius 3 is 2.47 bits per heavy atom. The molecule has 3 N–H and O–H groups in total. The second-order valence-electron chi connectivity index (χ2n) is 18.8. The Kier molecular flexibility index (Phi) is 14.0. The van der Waals surface area contributed by atoms with Gasteiger partial charge in [-0.3, -0.25) is 19.2 Å². The summed E-state index contributed by atoms with van der Waals surface area (Å²) in [4.78, 5) is 63.3. The van der Waals surface area contributed by atoms with E-state index >= 15 is 0 Å². The fourth-order valence-electron chi connectivity index (χ4n) is 9.71. The molecule has 2 aromatic carbocycles. The van der Waals surface area contributed by atoms with Gasteiger partial charge in [-0.15, -0.1) is 0 Å². The molecule has 0 aromatic heterocycles. The third-order valence-electron chi connectivity index (χ3n) is 14.1. The van der Waals surface area contributed by atoms with Crippen molar-refractivity contribution in [1.29, 1.82) is 0 Å². The van der Waals surface area contributed by atoms with Crippen molar-refractivity contribution in [3.8, 4) is 28.7 Å². The van der Waals surface area contributed by atoms with Gasteiger partial charge < -0.3 is 48.5 Å². The van der Waals surface area contributed by atoms with Gasteiger partial charge in [0, 0.05) is 67.8 Å². The molecule has 0 spiro atoms. The molecule has 66 heavy (non-hydrogen) atoms. The van der Waals surface area contributed by atoms with E-state index in [0.717, 1.165) is 25.9 Å². The number of phenolic OH excluding ortho intramolecular Hbond substituents is 1. The lowest BCUT2D eigenvalue weighted by molar-refractivity contribution is -0.157. The van der Waals surface area contributed by atoms with E-state index in [4.69, 9.17) is 33.1 Å². The fraction of sp³-hybridized carbons (Fsp3) is 0.510. The van der Waals surface area contributed by atoms with E-state index < -0.39 is 58.9 Å². The molecule has 4 bridgehead atoms. The number of hydrogen-bond acceptors (Lipinski definition) is 14. The number of likely N-dealkylation sites (tertiary alicyclic amines) is 1. The Balaban J connectivity index is 1.40. The van der Waals surface area contributed by atoms with Crippen molar-refractivity contribution in [3.63, 3.8) is 0 Å². The number of benzene rings is 3. The number of aliphatic hydroxyl groups excluding tert-OH is 1. The van der Waals surface area contributed by atoms with Crippen LogP contribution < -0.4 is 20.2 Å². The Hall–Kier alpha value is -5.77. The number of amides is 1. The smallest absolute Gasteiger partial charge is 0.312 e. The van der Waals surface area contributed by atoms with Gasteiger partial charge in [-0.1, -0.05) is 52.8 Å². The molecule has 15 nitrogen and oxygen atoms in total. The van der Waals surface area contributed by atoms with E-state index in [9.17, 15) is 29.4 Å². The van der Waals surface area contributed by atoms with Gasteiger partial charge in [-0.2, -0.15) is 0 Å². The number of fused-ring (bicyclic) bond motifs is 2. The molecule has 2 aromatic rings. The van der Waals surface area contributed by atoms with Crippen molar-refractivity contribution >= 4 is 45.2 Å². The number of anilines is 1. The number of esters is 1. The summed E-state index contributed by atoms with van der Waals surface area (Å²) in [5.41, 5.74) is -0.267. The van der Waals surface area contributed by atoms with Gasteiger partial charge in [-0.05, 0) is 76.2 Å². The largest absolute Gasteiger partial charge is 0.507 e. The summed E-state index contributed by atoms with van der Waals surface area (Å²) < 4.78 is 37.0. The highest BCUT2D eigenvalue weighted by atomic mass is 16.7. The quantitative estimate of drug-likeness (QED) is 0.0991. The zero-order valence-electron chi connectivity index (χ0n) is 39.7. The second-order valence-corrected chi connectivity index (χ2v) is 18.8. The van der Waals surface area contributed by atoms with E-state index in [0.29, 0.717) is 23.8 Å². The number of rotatable bonds is 5. The maximum atomic E-state index is 14.8. The van der Waals surface area contributed by atoms with Gasteiger partial charge in [0.15, 0.2) is 11.3 Å². The first kappa shape index (κ1) is 48.2. The molecule has 0 saturated carbocycles. The number of aromatic nitrogens is 1. The van der Waals surface area contributed by atoms with Crippen LogP contribution in [0.15, 0.2) is 63.6 Å². The number of carbonyl (C=O) groups is 3. The molecule has 10 atom stereocenters. The molecular formula is C51H63N3O12. The molecule has 1 saturated heterocycles. The summed E-state index contributed by atoms with van der Waals surface area (Å²) in [6.07, 6.45) is 7.91. The standard InChI is InChI=1S/C51H63N3O12/c1-25-14-12-15-26(2)50(60)53-42-45(58)39-38(41-48(42)65-37-22-34(17-18-35(37)52-41)62-24-33-16-13-20-54(10)23-33)40-47(31(7)44(39)57)66-51(9,49(40)59)63-21-19-36(61-11)30(6)46(64-32(8)55)29(5)27(3)28(4)43(25)56/h12,14-15,17-19,21-22,25,27-30,33,36,43,46,56-57H,13,16,20,23-24H2,1-11H3,(H,53,60)/b14-12+,21-19+,26-15-/t25-,27+,28-,29+,30+,33?,36-,43-,46-,51-/m0/s1. The number of ketones is 1. The van der Waals surface area contributed by atoms with E-state index in [1.165, 1.54) is 34.1 Å². The average molecular weight is 910 g/mol. The van der Waals surface area contributed by atoms with Crippen molar-refractivity contribution in [2.24, 2.45) is 35.5 Å². The molecule has 4 heterocycles. The van der Waals surface area contributed by atoms with Crippen LogP contribution in [0.4, 0.5) is 5.69 Å². The summed E-state index contributed by atoms with van der Waals surface area (Å²) in [7, 11) is 3.60. The van der Waals surface area contributed by atoms with Gasteiger partial charge in [0.2, 0.25) is 5.43 Å². The minimum absolute atomic E-state index is 0.00986. The first-order valence-electron chi connectivity index (χ1n) is 22.8. The summed E-state index contributed by atoms with van der Waals surface area (Å²) >= 11 is 0. The van der Waals surface area contributed by atoms with Gasteiger partial charge >= 0.3 is 11.8 Å². The van der Waals surface area contributed by atoms with Crippen LogP contribution in [0.25, 0.3) is 33.3 Å². The van der Waals surface area contributed by atoms with Gasteiger partial charge in [0.05, 0.1) is 36.0 Å². The van der Waals surface area contributed by atoms with Crippen LogP contribution in [0.5, 0.6) is 17.2 Å². The highest BCUT2D eigenvalue weighted by Crippen LogP contribution is 2.50. The summed E-state index contributed by atoms with van der Waals surface area (Å²) in [5, 5.41) is 25.8. The zero-order valence-corrected chi connectivity index (χ0v) is 39.7. The predicted molar refractivity (Wildman–Crippen MR) is 250 cm³/mol. The van der Waals surface area contributed by atoms with Crippen LogP contribution in [0, 0.1) is 42.4 Å². The minimum Gasteiger partial charge on any atom is -0.507 e. The van der Waals surface area contributed by atoms with Crippen LogP contribution in [0.2, 0.25) is 0 Å². The SMILES string of the molecule is CO[C@H]1/C=C/O[C@@]2(C)Oc3c(C)c(O)c4c(=O)c(c5oc6cc(OCC7CCCN(C)C7)ccc6nc-5c4c3C2=O)NC(=O)/C(C)=C\C=C\[C@H](C)[C@H](O)[C@@H](C)[C@@H](C)[C@@H](C)[C@H](OC(C)=O)[C@@H]1C. The van der Waals surface area contributed by atoms with Crippen molar-refractivity contribution in [3.05, 3.63) is 75.7 Å². The Labute approximate surface area is 385 Å². The van der Waals surface area contributed by atoms with E-state index in [1.807, 2.05) is 34.6 Å². The molecule has 354 valence electrons. The second kappa shape index (κ2) is 19.2. The van der Waals surface area contributed by atoms with Crippen molar-refractivity contribution < 1.29 is 52.7 Å². The lowest BCUT2D eigenvalue weighted by atomic mass is 9.73. The molecule has 15 heteroatoms. The summed E-state index contributed by atoms with van der Waals surface area (Å²) in [6.45, 7) is 18.0. The van der Waals surface area contributed by atoms with E-state index in [2.05, 4.69) is 17.3 Å². The normalized spacial score (nSPS) is 31.0. The topological polar surface area (TPSA) is 196 Å². The maximum Gasteiger partial charge on any atom is 0.312 e. The molecule has 1 aliphatic carbocycles. The Morgan fingerprint density at radius 1 is 1.03 bits per heavy atom. The molecule has 7 rings (SSSR count). The van der Waals surface area contributed by atoms with Crippen LogP contribution >= 0.6 is 0 Å². The summed E-state index contributed by atoms with van der Waals surface area (Å²) in [6, 6.07) is 5.15. The number of allylic oxidation sites excluding steroid dienone is 2. The first-order valence-corrected chi connectivity index (χ1v) is 22.8. The van der Waals surface area contributed by atoms with Crippen LogP contribution in [-0.4, -0.2) is 95.7 Å². The summed E-state index contributed by atoms with van der Waals surface area (Å²) in [5.74, 6) is -4.99. The number of carbonyl (C=O) groups excluding carboxylic acids is 3. The first-order chi connectivity index (χ1) is 31.3. The highest BCUT2D eigenvalue weighted by Gasteiger charge is 2.50. The number of Topliss-reactive ketones (excluding diaryl/α,β-unsaturated/α-hetero) is 1. The molecule has 4 aliphatic heterocycles. The monoisotopic (exact) mass is 909 g/mol. The zero-order chi connectivity index (χ0) is 47.9. The van der Waals surface area contributed by atoms with Crippen LogP contribution in [-0.2, 0) is 23.8 Å². The molecule has 1 unspecified atom stereocenters. The number of phenols is 1.